The number of rotatable bonds is 6. The molecule has 0 saturated heterocycles. The van der Waals surface area contributed by atoms with Crippen molar-refractivity contribution < 1.29 is 17.6 Å². The number of carbonyl (C=O) groups excluding carboxylic acids is 1. The summed E-state index contributed by atoms with van der Waals surface area (Å²) in [7, 11) is -3.95. The molecular weight excluding hydrogens is 502 g/mol. The molecule has 140 valence electrons. The van der Waals surface area contributed by atoms with E-state index in [4.69, 9.17) is 0 Å². The van der Waals surface area contributed by atoms with Gasteiger partial charge in [0, 0.05) is 9.26 Å². The highest BCUT2D eigenvalue weighted by molar-refractivity contribution is 14.1. The molecular formula is C18H14FIN2O3S2. The quantitative estimate of drug-likeness (QED) is 0.497. The Morgan fingerprint density at radius 1 is 1.07 bits per heavy atom. The Bertz CT molecular complexity index is 1020. The molecule has 0 radical (unpaired) electrons. The molecule has 9 heteroatoms. The first kappa shape index (κ1) is 19.8. The lowest BCUT2D eigenvalue weighted by atomic mass is 10.3. The number of hydrogen-bond donors (Lipinski definition) is 1. The summed E-state index contributed by atoms with van der Waals surface area (Å²) in [6.07, 6.45) is 0. The Morgan fingerprint density at radius 3 is 2.33 bits per heavy atom. The van der Waals surface area contributed by atoms with Crippen molar-refractivity contribution in [2.24, 2.45) is 0 Å². The molecule has 1 aromatic heterocycles. The topological polar surface area (TPSA) is 66.5 Å². The molecule has 0 atom stereocenters. The summed E-state index contributed by atoms with van der Waals surface area (Å²) in [5, 5.41) is 4.32. The minimum Gasteiger partial charge on any atom is -0.325 e. The van der Waals surface area contributed by atoms with Gasteiger partial charge >= 0.3 is 0 Å². The highest BCUT2D eigenvalue weighted by atomic mass is 127. The molecule has 0 fully saturated rings. The molecule has 0 aliphatic heterocycles. The SMILES string of the molecule is O=C(CN(c1ccc(F)cc1)S(=O)(=O)c1cccs1)Nc1ccc(I)cc1. The van der Waals surface area contributed by atoms with Crippen LogP contribution in [-0.4, -0.2) is 20.9 Å². The van der Waals surface area contributed by atoms with Crippen LogP contribution in [0.2, 0.25) is 0 Å². The maximum Gasteiger partial charge on any atom is 0.274 e. The molecule has 0 aliphatic carbocycles. The predicted molar refractivity (Wildman–Crippen MR) is 113 cm³/mol. The molecule has 3 rings (SSSR count). The van der Waals surface area contributed by atoms with Gasteiger partial charge in [-0.3, -0.25) is 9.10 Å². The van der Waals surface area contributed by atoms with Crippen LogP contribution in [0.15, 0.2) is 70.3 Å². The van der Waals surface area contributed by atoms with Crippen molar-refractivity contribution in [1.29, 1.82) is 0 Å². The Kier molecular flexibility index (Phi) is 6.12. The molecule has 0 spiro atoms. The van der Waals surface area contributed by atoms with Crippen LogP contribution in [0.25, 0.3) is 0 Å². The van der Waals surface area contributed by atoms with Crippen molar-refractivity contribution in [3.63, 3.8) is 0 Å². The van der Waals surface area contributed by atoms with Gasteiger partial charge in [-0.1, -0.05) is 6.07 Å². The van der Waals surface area contributed by atoms with Crippen molar-refractivity contribution in [3.05, 3.63) is 75.4 Å². The zero-order valence-corrected chi connectivity index (χ0v) is 17.6. The van der Waals surface area contributed by atoms with E-state index in [1.165, 1.54) is 18.2 Å². The Labute approximate surface area is 174 Å². The second kappa shape index (κ2) is 8.36. The third-order valence-electron chi connectivity index (χ3n) is 3.57. The van der Waals surface area contributed by atoms with E-state index in [1.54, 1.807) is 23.6 Å². The zero-order valence-electron chi connectivity index (χ0n) is 13.8. The summed E-state index contributed by atoms with van der Waals surface area (Å²) in [5.74, 6) is -0.990. The molecule has 1 heterocycles. The van der Waals surface area contributed by atoms with Crippen LogP contribution in [0, 0.1) is 9.39 Å². The lowest BCUT2D eigenvalue weighted by Gasteiger charge is -2.23. The largest absolute Gasteiger partial charge is 0.325 e. The van der Waals surface area contributed by atoms with Crippen LogP contribution in [0.3, 0.4) is 0 Å². The third kappa shape index (κ3) is 4.85. The first-order valence-electron chi connectivity index (χ1n) is 7.73. The second-order valence-electron chi connectivity index (χ2n) is 5.48. The van der Waals surface area contributed by atoms with Crippen LogP contribution >= 0.6 is 33.9 Å². The van der Waals surface area contributed by atoms with Crippen LogP contribution in [-0.2, 0) is 14.8 Å². The van der Waals surface area contributed by atoms with Crippen LogP contribution < -0.4 is 9.62 Å². The molecule has 1 amide bonds. The smallest absolute Gasteiger partial charge is 0.274 e. The number of hydrogen-bond acceptors (Lipinski definition) is 4. The lowest BCUT2D eigenvalue weighted by Crippen LogP contribution is -2.37. The normalized spacial score (nSPS) is 11.2. The fraction of sp³-hybridized carbons (Fsp3) is 0.0556. The average molecular weight is 516 g/mol. The van der Waals surface area contributed by atoms with E-state index in [-0.39, 0.29) is 9.90 Å². The standard InChI is InChI=1S/C18H14FIN2O3S2/c19-13-3-9-16(10-4-13)22(27(24,25)18-2-1-11-26-18)12-17(23)21-15-7-5-14(20)6-8-15/h1-11H,12H2,(H,21,23). The fourth-order valence-corrected chi connectivity index (χ4v) is 5.19. The van der Waals surface area contributed by atoms with E-state index < -0.39 is 28.3 Å². The van der Waals surface area contributed by atoms with E-state index in [0.29, 0.717) is 5.69 Å². The molecule has 2 aromatic carbocycles. The number of carbonyl (C=O) groups is 1. The maximum absolute atomic E-state index is 13.3. The number of anilines is 2. The minimum absolute atomic E-state index is 0.105. The van der Waals surface area contributed by atoms with Gasteiger partial charge in [0.25, 0.3) is 10.0 Å². The van der Waals surface area contributed by atoms with Gasteiger partial charge in [0.1, 0.15) is 16.6 Å². The molecule has 0 saturated carbocycles. The summed E-state index contributed by atoms with van der Waals surface area (Å²) in [5.41, 5.74) is 0.774. The molecule has 0 bridgehead atoms. The Hall–Kier alpha value is -1.98. The minimum atomic E-state index is -3.95. The van der Waals surface area contributed by atoms with E-state index in [2.05, 4.69) is 27.9 Å². The Balaban J connectivity index is 1.89. The van der Waals surface area contributed by atoms with Gasteiger partial charge in [0.15, 0.2) is 0 Å². The number of amides is 1. The van der Waals surface area contributed by atoms with Gasteiger partial charge < -0.3 is 5.32 Å². The number of halogens is 2. The number of benzene rings is 2. The summed E-state index contributed by atoms with van der Waals surface area (Å²) >= 11 is 3.20. The molecule has 27 heavy (non-hydrogen) atoms. The van der Waals surface area contributed by atoms with Crippen LogP contribution in [0.4, 0.5) is 15.8 Å². The molecule has 0 aliphatic rings. The van der Waals surface area contributed by atoms with Gasteiger partial charge in [-0.05, 0) is 82.6 Å². The van der Waals surface area contributed by atoms with Crippen molar-refractivity contribution in [2.45, 2.75) is 4.21 Å². The van der Waals surface area contributed by atoms with Gasteiger partial charge in [0.05, 0.1) is 5.69 Å². The van der Waals surface area contributed by atoms with Gasteiger partial charge in [0.2, 0.25) is 5.91 Å². The molecule has 5 nitrogen and oxygen atoms in total. The summed E-state index contributed by atoms with van der Waals surface area (Å²) in [6.45, 7) is -0.433. The summed E-state index contributed by atoms with van der Waals surface area (Å²) < 4.78 is 41.3. The summed E-state index contributed by atoms with van der Waals surface area (Å²) in [6, 6.07) is 15.2. The van der Waals surface area contributed by atoms with E-state index >= 15 is 0 Å². The number of thiophene rings is 1. The van der Waals surface area contributed by atoms with E-state index in [9.17, 15) is 17.6 Å². The van der Waals surface area contributed by atoms with Gasteiger partial charge in [-0.25, -0.2) is 12.8 Å². The zero-order chi connectivity index (χ0) is 19.4. The summed E-state index contributed by atoms with van der Waals surface area (Å²) in [4.78, 5) is 12.5. The number of sulfonamides is 1. The van der Waals surface area contributed by atoms with Crippen LogP contribution in [0.5, 0.6) is 0 Å². The highest BCUT2D eigenvalue weighted by Gasteiger charge is 2.28. The van der Waals surface area contributed by atoms with E-state index in [1.807, 2.05) is 12.1 Å². The van der Waals surface area contributed by atoms with Crippen molar-refractivity contribution in [1.82, 2.24) is 0 Å². The van der Waals surface area contributed by atoms with Crippen molar-refractivity contribution in [3.8, 4) is 0 Å². The third-order valence-corrected chi connectivity index (χ3v) is 7.44. The van der Waals surface area contributed by atoms with Crippen molar-refractivity contribution in [2.75, 3.05) is 16.2 Å². The predicted octanol–water partition coefficient (Wildman–Crippen LogP) is 4.33. The first-order valence-corrected chi connectivity index (χ1v) is 11.1. The molecule has 1 N–H and O–H groups in total. The van der Waals surface area contributed by atoms with E-state index in [0.717, 1.165) is 31.3 Å². The lowest BCUT2D eigenvalue weighted by molar-refractivity contribution is -0.114. The monoisotopic (exact) mass is 516 g/mol. The molecule has 3 aromatic rings. The number of nitrogens with one attached hydrogen (secondary N) is 1. The highest BCUT2D eigenvalue weighted by Crippen LogP contribution is 2.26. The maximum atomic E-state index is 13.3. The Morgan fingerprint density at radius 2 is 1.74 bits per heavy atom. The molecule has 0 unspecified atom stereocenters. The van der Waals surface area contributed by atoms with Crippen LogP contribution in [0.1, 0.15) is 0 Å². The average Bonchev–Trinajstić information content (AvgIpc) is 3.18. The fourth-order valence-electron chi connectivity index (χ4n) is 2.31. The van der Waals surface area contributed by atoms with Crippen molar-refractivity contribution >= 4 is 61.2 Å². The second-order valence-corrected chi connectivity index (χ2v) is 9.76. The number of nitrogens with zero attached hydrogens (tertiary/aromatic N) is 1. The first-order chi connectivity index (χ1) is 12.9. The van der Waals surface area contributed by atoms with Gasteiger partial charge in [-0.15, -0.1) is 11.3 Å². The van der Waals surface area contributed by atoms with Gasteiger partial charge in [-0.2, -0.15) is 0 Å².